The van der Waals surface area contributed by atoms with Crippen LogP contribution in [0.25, 0.3) is 10.8 Å². The third-order valence-corrected chi connectivity index (χ3v) is 2.78. The number of hydrogen-bond donors (Lipinski definition) is 1. The van der Waals surface area contributed by atoms with Gasteiger partial charge in [-0.1, -0.05) is 24.3 Å². The van der Waals surface area contributed by atoms with E-state index >= 15 is 0 Å². The van der Waals surface area contributed by atoms with Crippen LogP contribution in [0, 0.1) is 0 Å². The highest BCUT2D eigenvalue weighted by Crippen LogP contribution is 2.21. The van der Waals surface area contributed by atoms with Gasteiger partial charge in [0.05, 0.1) is 0 Å². The van der Waals surface area contributed by atoms with Gasteiger partial charge < -0.3 is 10.6 Å². The first kappa shape index (κ1) is 12.1. The van der Waals surface area contributed by atoms with Gasteiger partial charge in [0.2, 0.25) is 5.91 Å². The summed E-state index contributed by atoms with van der Waals surface area (Å²) < 4.78 is 0. The number of nitrogens with two attached hydrogens (primary N) is 1. The number of nitrogens with zero attached hydrogens (tertiary/aromatic N) is 1. The lowest BCUT2D eigenvalue weighted by molar-refractivity contribution is 0.0828. The number of carbonyl (C=O) groups is 2. The van der Waals surface area contributed by atoms with Gasteiger partial charge in [0.15, 0.2) is 0 Å². The zero-order valence-corrected chi connectivity index (χ0v) is 10.3. The number of amides is 2. The summed E-state index contributed by atoms with van der Waals surface area (Å²) in [6.07, 6.45) is 0. The molecule has 92 valence electrons. The first-order valence-corrected chi connectivity index (χ1v) is 5.55. The SMILES string of the molecule is CN(C)C(=O)c1cc(C(N)=O)c2ccccc2c1. The molecular weight excluding hydrogens is 228 g/mol. The normalized spacial score (nSPS) is 10.3. The molecule has 0 heterocycles. The lowest BCUT2D eigenvalue weighted by Gasteiger charge is -2.12. The average molecular weight is 242 g/mol. The van der Waals surface area contributed by atoms with Crippen LogP contribution < -0.4 is 5.73 Å². The van der Waals surface area contributed by atoms with Crippen LogP contribution in [0.15, 0.2) is 36.4 Å². The Balaban J connectivity index is 2.72. The zero-order chi connectivity index (χ0) is 13.3. The first-order valence-electron chi connectivity index (χ1n) is 5.55. The van der Waals surface area contributed by atoms with Crippen LogP contribution in [0.1, 0.15) is 20.7 Å². The van der Waals surface area contributed by atoms with E-state index in [1.807, 2.05) is 24.3 Å². The number of benzene rings is 2. The van der Waals surface area contributed by atoms with Crippen molar-refractivity contribution >= 4 is 22.6 Å². The average Bonchev–Trinajstić information content (AvgIpc) is 2.36. The van der Waals surface area contributed by atoms with Crippen LogP contribution in [0.2, 0.25) is 0 Å². The van der Waals surface area contributed by atoms with Crippen LogP contribution >= 0.6 is 0 Å². The van der Waals surface area contributed by atoms with E-state index in [0.717, 1.165) is 10.8 Å². The Morgan fingerprint density at radius 2 is 1.78 bits per heavy atom. The number of hydrogen-bond acceptors (Lipinski definition) is 2. The number of carbonyl (C=O) groups excluding carboxylic acids is 2. The number of fused-ring (bicyclic) bond motifs is 1. The molecule has 18 heavy (non-hydrogen) atoms. The highest BCUT2D eigenvalue weighted by atomic mass is 16.2. The maximum Gasteiger partial charge on any atom is 0.253 e. The molecule has 0 saturated carbocycles. The largest absolute Gasteiger partial charge is 0.366 e. The number of rotatable bonds is 2. The van der Waals surface area contributed by atoms with Gasteiger partial charge in [0.25, 0.3) is 5.91 Å². The summed E-state index contributed by atoms with van der Waals surface area (Å²) in [6, 6.07) is 10.7. The van der Waals surface area contributed by atoms with E-state index in [0.29, 0.717) is 11.1 Å². The van der Waals surface area contributed by atoms with Crippen LogP contribution in [0.3, 0.4) is 0 Å². The molecule has 0 unspecified atom stereocenters. The van der Waals surface area contributed by atoms with E-state index in [1.54, 1.807) is 26.2 Å². The molecular formula is C14H14N2O2. The molecule has 2 amide bonds. The minimum absolute atomic E-state index is 0.150. The molecule has 0 fully saturated rings. The van der Waals surface area contributed by atoms with Gasteiger partial charge in [-0.2, -0.15) is 0 Å². The predicted octanol–water partition coefficient (Wildman–Crippen LogP) is 1.64. The monoisotopic (exact) mass is 242 g/mol. The van der Waals surface area contributed by atoms with Crippen LogP contribution in [-0.4, -0.2) is 30.8 Å². The third-order valence-electron chi connectivity index (χ3n) is 2.78. The zero-order valence-electron chi connectivity index (χ0n) is 10.3. The van der Waals surface area contributed by atoms with Gasteiger partial charge in [-0.15, -0.1) is 0 Å². The Morgan fingerprint density at radius 1 is 1.11 bits per heavy atom. The van der Waals surface area contributed by atoms with Crippen molar-refractivity contribution < 1.29 is 9.59 Å². The molecule has 4 heteroatoms. The molecule has 0 spiro atoms. The topological polar surface area (TPSA) is 63.4 Å². The Morgan fingerprint density at radius 3 is 2.39 bits per heavy atom. The molecule has 0 saturated heterocycles. The highest BCUT2D eigenvalue weighted by Gasteiger charge is 2.14. The molecule has 0 bridgehead atoms. The summed E-state index contributed by atoms with van der Waals surface area (Å²) in [5.41, 5.74) is 6.20. The van der Waals surface area contributed by atoms with Crippen LogP contribution in [-0.2, 0) is 0 Å². The second kappa shape index (κ2) is 4.49. The molecule has 0 aliphatic heterocycles. The molecule has 0 atom stereocenters. The maximum atomic E-state index is 11.9. The van der Waals surface area contributed by atoms with E-state index in [-0.39, 0.29) is 5.91 Å². The molecule has 2 aromatic carbocycles. The fourth-order valence-electron chi connectivity index (χ4n) is 1.90. The van der Waals surface area contributed by atoms with Gasteiger partial charge in [0.1, 0.15) is 0 Å². The van der Waals surface area contributed by atoms with E-state index in [1.165, 1.54) is 4.90 Å². The van der Waals surface area contributed by atoms with Gasteiger partial charge in [0, 0.05) is 25.2 Å². The highest BCUT2D eigenvalue weighted by molar-refractivity contribution is 6.09. The summed E-state index contributed by atoms with van der Waals surface area (Å²) in [7, 11) is 3.34. The van der Waals surface area contributed by atoms with E-state index in [9.17, 15) is 9.59 Å². The van der Waals surface area contributed by atoms with Crippen molar-refractivity contribution in [3.05, 3.63) is 47.5 Å². The summed E-state index contributed by atoms with van der Waals surface area (Å²) in [4.78, 5) is 24.9. The Bertz CT molecular complexity index is 633. The lowest BCUT2D eigenvalue weighted by Crippen LogP contribution is -2.22. The molecule has 4 nitrogen and oxygen atoms in total. The Kier molecular flexibility index (Phi) is 3.02. The summed E-state index contributed by atoms with van der Waals surface area (Å²) in [5, 5.41) is 1.60. The predicted molar refractivity (Wildman–Crippen MR) is 70.5 cm³/mol. The minimum atomic E-state index is -0.528. The quantitative estimate of drug-likeness (QED) is 0.870. The lowest BCUT2D eigenvalue weighted by atomic mass is 10.00. The summed E-state index contributed by atoms with van der Waals surface area (Å²) >= 11 is 0. The van der Waals surface area contributed by atoms with Crippen LogP contribution in [0.5, 0.6) is 0 Å². The molecule has 0 aromatic heterocycles. The fraction of sp³-hybridized carbons (Fsp3) is 0.143. The van der Waals surface area contributed by atoms with Crippen molar-refractivity contribution in [1.82, 2.24) is 4.90 Å². The van der Waals surface area contributed by atoms with Crippen molar-refractivity contribution in [3.8, 4) is 0 Å². The molecule has 0 aliphatic rings. The fourth-order valence-corrected chi connectivity index (χ4v) is 1.90. The minimum Gasteiger partial charge on any atom is -0.366 e. The smallest absolute Gasteiger partial charge is 0.253 e. The Labute approximate surface area is 105 Å². The third kappa shape index (κ3) is 2.05. The molecule has 2 rings (SSSR count). The van der Waals surface area contributed by atoms with Gasteiger partial charge in [-0.3, -0.25) is 9.59 Å². The van der Waals surface area contributed by atoms with Crippen molar-refractivity contribution in [1.29, 1.82) is 0 Å². The Hall–Kier alpha value is -2.36. The second-order valence-corrected chi connectivity index (χ2v) is 4.31. The van der Waals surface area contributed by atoms with Crippen molar-refractivity contribution in [2.24, 2.45) is 5.73 Å². The van der Waals surface area contributed by atoms with Gasteiger partial charge in [-0.25, -0.2) is 0 Å². The van der Waals surface area contributed by atoms with Gasteiger partial charge in [-0.05, 0) is 22.9 Å². The molecule has 2 N–H and O–H groups in total. The second-order valence-electron chi connectivity index (χ2n) is 4.31. The number of primary amides is 1. The van der Waals surface area contributed by atoms with E-state index < -0.39 is 5.91 Å². The summed E-state index contributed by atoms with van der Waals surface area (Å²) in [6.45, 7) is 0. The van der Waals surface area contributed by atoms with Crippen molar-refractivity contribution in [2.75, 3.05) is 14.1 Å². The molecule has 0 radical (unpaired) electrons. The molecule has 2 aromatic rings. The standard InChI is InChI=1S/C14H14N2O2/c1-16(2)14(18)10-7-9-5-3-4-6-11(9)12(8-10)13(15)17/h3-8H,1-2H3,(H2,15,17). The first-order chi connectivity index (χ1) is 8.50. The summed E-state index contributed by atoms with van der Waals surface area (Å²) in [5.74, 6) is -0.678. The van der Waals surface area contributed by atoms with E-state index in [4.69, 9.17) is 5.73 Å². The van der Waals surface area contributed by atoms with Crippen LogP contribution in [0.4, 0.5) is 0 Å². The molecule has 0 aliphatic carbocycles. The van der Waals surface area contributed by atoms with E-state index in [2.05, 4.69) is 0 Å². The van der Waals surface area contributed by atoms with Crippen molar-refractivity contribution in [3.63, 3.8) is 0 Å². The maximum absolute atomic E-state index is 11.9. The van der Waals surface area contributed by atoms with Gasteiger partial charge >= 0.3 is 0 Å². The van der Waals surface area contributed by atoms with Crippen molar-refractivity contribution in [2.45, 2.75) is 0 Å².